The third-order valence-electron chi connectivity index (χ3n) is 2.88. The van der Waals surface area contributed by atoms with E-state index < -0.39 is 0 Å². The molecular weight excluding hydrogens is 304 g/mol. The molecule has 5 heteroatoms. The largest absolute Gasteiger partial charge is 0.399 e. The van der Waals surface area contributed by atoms with Gasteiger partial charge in [-0.05, 0) is 35.9 Å². The zero-order chi connectivity index (χ0) is 13.2. The normalized spacial score (nSPS) is 10.8. The SMILES string of the molecule is Nc1ccc2nc(NCc3ccc(Br)cc3)[nH]c2c1. The lowest BCUT2D eigenvalue weighted by Crippen LogP contribution is -2.00. The van der Waals surface area contributed by atoms with Gasteiger partial charge in [0.05, 0.1) is 11.0 Å². The minimum atomic E-state index is 0.725. The summed E-state index contributed by atoms with van der Waals surface area (Å²) >= 11 is 3.42. The average Bonchev–Trinajstić information content (AvgIpc) is 2.80. The number of halogens is 1. The summed E-state index contributed by atoms with van der Waals surface area (Å²) in [6.45, 7) is 0.725. The molecule has 0 radical (unpaired) electrons. The van der Waals surface area contributed by atoms with E-state index in [0.717, 1.165) is 33.7 Å². The van der Waals surface area contributed by atoms with Gasteiger partial charge in [-0.1, -0.05) is 28.1 Å². The Labute approximate surface area is 119 Å². The maximum Gasteiger partial charge on any atom is 0.201 e. The maximum atomic E-state index is 5.74. The van der Waals surface area contributed by atoms with E-state index in [9.17, 15) is 0 Å². The Morgan fingerprint density at radius 2 is 1.95 bits per heavy atom. The molecule has 0 aliphatic carbocycles. The van der Waals surface area contributed by atoms with E-state index in [0.29, 0.717) is 0 Å². The van der Waals surface area contributed by atoms with Crippen molar-refractivity contribution in [2.24, 2.45) is 0 Å². The number of nitrogen functional groups attached to an aromatic ring is 1. The quantitative estimate of drug-likeness (QED) is 0.648. The Morgan fingerprint density at radius 1 is 1.16 bits per heavy atom. The number of benzene rings is 2. The molecule has 3 aromatic rings. The smallest absolute Gasteiger partial charge is 0.201 e. The van der Waals surface area contributed by atoms with Crippen molar-refractivity contribution in [1.82, 2.24) is 9.97 Å². The van der Waals surface area contributed by atoms with E-state index in [-0.39, 0.29) is 0 Å². The van der Waals surface area contributed by atoms with Gasteiger partial charge in [0.25, 0.3) is 0 Å². The molecule has 4 nitrogen and oxygen atoms in total. The second kappa shape index (κ2) is 4.93. The minimum Gasteiger partial charge on any atom is -0.399 e. The van der Waals surface area contributed by atoms with Crippen LogP contribution < -0.4 is 11.1 Å². The lowest BCUT2D eigenvalue weighted by Gasteiger charge is -2.02. The Kier molecular flexibility index (Phi) is 3.13. The molecule has 0 aliphatic rings. The molecular formula is C14H13BrN4. The third-order valence-corrected chi connectivity index (χ3v) is 3.41. The van der Waals surface area contributed by atoms with Crippen molar-refractivity contribution in [2.45, 2.75) is 6.54 Å². The van der Waals surface area contributed by atoms with Crippen LogP contribution in [-0.4, -0.2) is 9.97 Å². The standard InChI is InChI=1S/C14H13BrN4/c15-10-3-1-9(2-4-10)8-17-14-18-12-6-5-11(16)7-13(12)19-14/h1-7H,8,16H2,(H2,17,18,19). The van der Waals surface area contributed by atoms with Crippen LogP contribution in [0.25, 0.3) is 11.0 Å². The molecule has 0 spiro atoms. The second-order valence-electron chi connectivity index (χ2n) is 4.34. The van der Waals surface area contributed by atoms with E-state index in [1.54, 1.807) is 0 Å². The van der Waals surface area contributed by atoms with Gasteiger partial charge in [0.1, 0.15) is 0 Å². The van der Waals surface area contributed by atoms with Crippen LogP contribution in [0.1, 0.15) is 5.56 Å². The summed E-state index contributed by atoms with van der Waals surface area (Å²) in [6.07, 6.45) is 0. The first-order valence-corrected chi connectivity index (χ1v) is 6.73. The van der Waals surface area contributed by atoms with Gasteiger partial charge in [-0.25, -0.2) is 4.98 Å². The van der Waals surface area contributed by atoms with E-state index in [2.05, 4.69) is 43.3 Å². The fourth-order valence-corrected chi connectivity index (χ4v) is 2.16. The number of aromatic amines is 1. The minimum absolute atomic E-state index is 0.725. The number of H-pyrrole nitrogens is 1. The molecule has 0 amide bonds. The van der Waals surface area contributed by atoms with Crippen molar-refractivity contribution >= 4 is 38.6 Å². The fourth-order valence-electron chi connectivity index (χ4n) is 1.90. The van der Waals surface area contributed by atoms with E-state index in [1.165, 1.54) is 5.56 Å². The van der Waals surface area contributed by atoms with Gasteiger partial charge in [-0.15, -0.1) is 0 Å². The van der Waals surface area contributed by atoms with Gasteiger partial charge in [-0.2, -0.15) is 0 Å². The molecule has 19 heavy (non-hydrogen) atoms. The van der Waals surface area contributed by atoms with Crippen molar-refractivity contribution in [2.75, 3.05) is 11.1 Å². The van der Waals surface area contributed by atoms with Crippen molar-refractivity contribution in [3.63, 3.8) is 0 Å². The van der Waals surface area contributed by atoms with Crippen molar-refractivity contribution in [1.29, 1.82) is 0 Å². The summed E-state index contributed by atoms with van der Waals surface area (Å²) in [5.41, 5.74) is 9.52. The van der Waals surface area contributed by atoms with Gasteiger partial charge in [0.2, 0.25) is 5.95 Å². The number of fused-ring (bicyclic) bond motifs is 1. The highest BCUT2D eigenvalue weighted by Gasteiger charge is 2.02. The highest BCUT2D eigenvalue weighted by Crippen LogP contribution is 2.18. The van der Waals surface area contributed by atoms with Crippen molar-refractivity contribution in [3.8, 4) is 0 Å². The molecule has 3 rings (SSSR count). The molecule has 96 valence electrons. The number of imidazole rings is 1. The van der Waals surface area contributed by atoms with E-state index in [4.69, 9.17) is 5.73 Å². The molecule has 0 bridgehead atoms. The van der Waals surface area contributed by atoms with Crippen LogP contribution >= 0.6 is 15.9 Å². The van der Waals surface area contributed by atoms with Gasteiger partial charge < -0.3 is 16.0 Å². The summed E-state index contributed by atoms with van der Waals surface area (Å²) < 4.78 is 1.08. The number of nitrogens with zero attached hydrogens (tertiary/aromatic N) is 1. The highest BCUT2D eigenvalue weighted by atomic mass is 79.9. The molecule has 0 saturated heterocycles. The van der Waals surface area contributed by atoms with Crippen molar-refractivity contribution < 1.29 is 0 Å². The molecule has 0 aliphatic heterocycles. The molecule has 0 unspecified atom stereocenters. The highest BCUT2D eigenvalue weighted by molar-refractivity contribution is 9.10. The third kappa shape index (κ3) is 2.71. The molecule has 1 heterocycles. The molecule has 0 atom stereocenters. The summed E-state index contributed by atoms with van der Waals surface area (Å²) in [7, 11) is 0. The van der Waals surface area contributed by atoms with Crippen LogP contribution in [-0.2, 0) is 6.54 Å². The Hall–Kier alpha value is -2.01. The summed E-state index contributed by atoms with van der Waals surface area (Å²) in [4.78, 5) is 7.66. The first-order chi connectivity index (χ1) is 9.20. The molecule has 2 aromatic carbocycles. The Balaban J connectivity index is 1.76. The topological polar surface area (TPSA) is 66.7 Å². The molecule has 0 saturated carbocycles. The number of hydrogen-bond donors (Lipinski definition) is 3. The molecule has 0 fully saturated rings. The average molecular weight is 317 g/mol. The predicted octanol–water partition coefficient (Wildman–Crippen LogP) is 3.52. The molecule has 1 aromatic heterocycles. The van der Waals surface area contributed by atoms with Gasteiger partial charge in [0.15, 0.2) is 0 Å². The van der Waals surface area contributed by atoms with E-state index in [1.807, 2.05) is 30.3 Å². The van der Waals surface area contributed by atoms with Gasteiger partial charge >= 0.3 is 0 Å². The zero-order valence-corrected chi connectivity index (χ0v) is 11.7. The van der Waals surface area contributed by atoms with Crippen molar-refractivity contribution in [3.05, 3.63) is 52.5 Å². The predicted molar refractivity (Wildman–Crippen MR) is 82.0 cm³/mol. The number of nitrogens with two attached hydrogens (primary N) is 1. The first kappa shape index (κ1) is 12.0. The van der Waals surface area contributed by atoms with Crippen LogP contribution in [0.5, 0.6) is 0 Å². The number of aromatic nitrogens is 2. The number of anilines is 2. The number of hydrogen-bond acceptors (Lipinski definition) is 3. The lowest BCUT2D eigenvalue weighted by atomic mass is 10.2. The number of nitrogens with one attached hydrogen (secondary N) is 2. The van der Waals surface area contributed by atoms with Crippen LogP contribution in [0.4, 0.5) is 11.6 Å². The summed E-state index contributed by atoms with van der Waals surface area (Å²) in [6, 6.07) is 13.8. The Morgan fingerprint density at radius 3 is 2.74 bits per heavy atom. The Bertz CT molecular complexity index is 703. The van der Waals surface area contributed by atoms with E-state index >= 15 is 0 Å². The van der Waals surface area contributed by atoms with Crippen LogP contribution in [0.2, 0.25) is 0 Å². The second-order valence-corrected chi connectivity index (χ2v) is 5.26. The maximum absolute atomic E-state index is 5.74. The zero-order valence-electron chi connectivity index (χ0n) is 10.2. The first-order valence-electron chi connectivity index (χ1n) is 5.94. The van der Waals surface area contributed by atoms with Crippen LogP contribution in [0.15, 0.2) is 46.9 Å². The molecule has 4 N–H and O–H groups in total. The van der Waals surface area contributed by atoms with Crippen LogP contribution in [0, 0.1) is 0 Å². The summed E-state index contributed by atoms with van der Waals surface area (Å²) in [5, 5.41) is 3.27. The number of rotatable bonds is 3. The monoisotopic (exact) mass is 316 g/mol. The van der Waals surface area contributed by atoms with Gasteiger partial charge in [0, 0.05) is 16.7 Å². The summed E-state index contributed by atoms with van der Waals surface area (Å²) in [5.74, 6) is 0.753. The fraction of sp³-hybridized carbons (Fsp3) is 0.0714. The lowest BCUT2D eigenvalue weighted by molar-refractivity contribution is 1.10. The van der Waals surface area contributed by atoms with Crippen LogP contribution in [0.3, 0.4) is 0 Å². The van der Waals surface area contributed by atoms with Gasteiger partial charge in [-0.3, -0.25) is 0 Å².